The van der Waals surface area contributed by atoms with Crippen LogP contribution in [0.5, 0.6) is 0 Å². The van der Waals surface area contributed by atoms with Crippen molar-refractivity contribution in [3.63, 3.8) is 0 Å². The van der Waals surface area contributed by atoms with Crippen LogP contribution in [0.2, 0.25) is 0 Å². The summed E-state index contributed by atoms with van der Waals surface area (Å²) in [7, 11) is -0.712. The van der Waals surface area contributed by atoms with Crippen LogP contribution < -0.4 is 28.3 Å². The SMILES string of the molecule is [CH2][CH][CH2].[Cl-].[Pd+2].c1ccc([C@@H]2COC(c3ccccc3P(c3ccccc3)c3ccccc3)=N2)cc1. The van der Waals surface area contributed by atoms with Gasteiger partial charge in [-0.25, -0.2) is 4.99 Å². The smallest absolute Gasteiger partial charge is 1.00 e. The number of ether oxygens (including phenoxy) is 1. The fourth-order valence-electron chi connectivity index (χ4n) is 3.80. The van der Waals surface area contributed by atoms with Gasteiger partial charge in [-0.05, 0) is 55.7 Å². The Labute approximate surface area is 230 Å². The summed E-state index contributed by atoms with van der Waals surface area (Å²) in [6, 6.07) is 40.5. The summed E-state index contributed by atoms with van der Waals surface area (Å²) >= 11 is 0. The molecule has 0 N–H and O–H groups in total. The first-order valence-corrected chi connectivity index (χ1v) is 12.3. The van der Waals surface area contributed by atoms with Gasteiger partial charge in [0.05, 0.1) is 0 Å². The molecule has 0 fully saturated rings. The van der Waals surface area contributed by atoms with Crippen LogP contribution in [-0.4, -0.2) is 12.5 Å². The van der Waals surface area contributed by atoms with Crippen molar-refractivity contribution in [2.24, 2.45) is 4.99 Å². The standard InChI is InChI=1S/C27H22NOP.C3H5.ClH.Pd/c1-4-12-21(13-5-1)25-20-29-27(28-25)24-18-10-11-19-26(24)30(22-14-6-2-7-15-22)23-16-8-3-9-17-23;1-3-2;;/h1-19,25H,20H2;3H,1-2H2;1H;/q;;;+2/p-1/t25-;;;/m0.../s1. The Morgan fingerprint density at radius 3 is 1.71 bits per heavy atom. The molecule has 3 radical (unpaired) electrons. The third-order valence-corrected chi connectivity index (χ3v) is 7.74. The Kier molecular flexibility index (Phi) is 12.4. The summed E-state index contributed by atoms with van der Waals surface area (Å²) in [4.78, 5) is 4.96. The Bertz CT molecular complexity index is 1130. The van der Waals surface area contributed by atoms with Gasteiger partial charge in [-0.2, -0.15) is 0 Å². The maximum absolute atomic E-state index is 6.13. The second-order valence-corrected chi connectivity index (χ2v) is 9.67. The molecule has 0 spiro atoms. The topological polar surface area (TPSA) is 21.6 Å². The third-order valence-electron chi connectivity index (χ3n) is 5.24. The number of benzene rings is 4. The normalized spacial score (nSPS) is 13.9. The molecule has 4 aromatic rings. The van der Waals surface area contributed by atoms with E-state index in [9.17, 15) is 0 Å². The van der Waals surface area contributed by atoms with Gasteiger partial charge in [-0.15, -0.1) is 0 Å². The van der Waals surface area contributed by atoms with Crippen molar-refractivity contribution in [3.05, 3.63) is 147 Å². The third kappa shape index (κ3) is 7.36. The molecule has 1 aliphatic heterocycles. The Hall–Kier alpha value is -2.27. The van der Waals surface area contributed by atoms with Gasteiger partial charge in [0.2, 0.25) is 5.90 Å². The van der Waals surface area contributed by atoms with Crippen LogP contribution >= 0.6 is 7.92 Å². The van der Waals surface area contributed by atoms with Crippen molar-refractivity contribution in [2.45, 2.75) is 6.04 Å². The number of hydrogen-bond acceptors (Lipinski definition) is 2. The van der Waals surface area contributed by atoms with E-state index in [2.05, 4.69) is 123 Å². The molecule has 0 aromatic heterocycles. The molecule has 179 valence electrons. The van der Waals surface area contributed by atoms with Crippen LogP contribution in [0.1, 0.15) is 17.2 Å². The zero-order chi connectivity index (χ0) is 22.9. The average Bonchev–Trinajstić information content (AvgIpc) is 3.37. The molecule has 0 saturated heterocycles. The first-order chi connectivity index (χ1) is 16.3. The van der Waals surface area contributed by atoms with E-state index in [1.165, 1.54) is 27.9 Å². The molecule has 1 aliphatic rings. The molecular weight excluding hydrogens is 563 g/mol. The van der Waals surface area contributed by atoms with E-state index in [1.807, 2.05) is 6.07 Å². The number of hydrogen-bond donors (Lipinski definition) is 0. The van der Waals surface area contributed by atoms with E-state index in [0.717, 1.165) is 11.5 Å². The first kappa shape index (κ1) is 29.0. The molecule has 0 saturated carbocycles. The van der Waals surface area contributed by atoms with Gasteiger partial charge in [-0.1, -0.05) is 109 Å². The van der Waals surface area contributed by atoms with Crippen molar-refractivity contribution in [2.75, 3.05) is 6.61 Å². The maximum atomic E-state index is 6.13. The van der Waals surface area contributed by atoms with Crippen molar-refractivity contribution in [1.29, 1.82) is 0 Å². The predicted octanol–water partition coefficient (Wildman–Crippen LogP) is 2.82. The molecule has 5 rings (SSSR count). The predicted molar refractivity (Wildman–Crippen MR) is 142 cm³/mol. The second-order valence-electron chi connectivity index (χ2n) is 7.48. The summed E-state index contributed by atoms with van der Waals surface area (Å²) < 4.78 is 6.13. The minimum Gasteiger partial charge on any atom is -1.00 e. The zero-order valence-electron chi connectivity index (χ0n) is 19.2. The van der Waals surface area contributed by atoms with E-state index in [1.54, 1.807) is 0 Å². The van der Waals surface area contributed by atoms with Crippen LogP contribution in [-0.2, 0) is 25.2 Å². The van der Waals surface area contributed by atoms with Gasteiger partial charge in [0.15, 0.2) is 0 Å². The zero-order valence-corrected chi connectivity index (χ0v) is 22.4. The largest absolute Gasteiger partial charge is 2.00 e. The van der Waals surface area contributed by atoms with E-state index in [-0.39, 0.29) is 38.9 Å². The number of rotatable bonds is 5. The van der Waals surface area contributed by atoms with Gasteiger partial charge in [0, 0.05) is 5.56 Å². The molecule has 5 heteroatoms. The van der Waals surface area contributed by atoms with Gasteiger partial charge in [0.1, 0.15) is 12.6 Å². The summed E-state index contributed by atoms with van der Waals surface area (Å²) in [5.41, 5.74) is 2.29. The molecule has 0 bridgehead atoms. The van der Waals surface area contributed by atoms with Crippen molar-refractivity contribution in [1.82, 2.24) is 0 Å². The van der Waals surface area contributed by atoms with Gasteiger partial charge in [-0.3, -0.25) is 0 Å². The van der Waals surface area contributed by atoms with Crippen LogP contribution in [0, 0.1) is 20.3 Å². The van der Waals surface area contributed by atoms with Crippen LogP contribution in [0.3, 0.4) is 0 Å². The maximum Gasteiger partial charge on any atom is 2.00 e. The van der Waals surface area contributed by atoms with E-state index < -0.39 is 7.92 Å². The molecule has 2 nitrogen and oxygen atoms in total. The number of nitrogens with zero attached hydrogens (tertiary/aromatic N) is 1. The fraction of sp³-hybridized carbons (Fsp3) is 0.0667. The van der Waals surface area contributed by atoms with E-state index in [4.69, 9.17) is 9.73 Å². The van der Waals surface area contributed by atoms with E-state index in [0.29, 0.717) is 6.61 Å². The summed E-state index contributed by atoms with van der Waals surface area (Å²) in [5.74, 6) is 0.749. The monoisotopic (exact) mass is 589 g/mol. The van der Waals surface area contributed by atoms with E-state index >= 15 is 0 Å². The molecule has 4 aromatic carbocycles. The van der Waals surface area contributed by atoms with Crippen molar-refractivity contribution >= 4 is 29.7 Å². The average molecular weight is 590 g/mol. The Balaban J connectivity index is 0.000000823. The first-order valence-electron chi connectivity index (χ1n) is 11.0. The van der Waals surface area contributed by atoms with Gasteiger partial charge >= 0.3 is 20.4 Å². The van der Waals surface area contributed by atoms with Crippen molar-refractivity contribution in [3.8, 4) is 0 Å². The molecular formula is C30H27ClNOPPd+. The quantitative estimate of drug-likeness (QED) is 0.259. The summed E-state index contributed by atoms with van der Waals surface area (Å²) in [6.07, 6.45) is 1.50. The fourth-order valence-corrected chi connectivity index (χ4v) is 6.24. The Morgan fingerprint density at radius 2 is 1.17 bits per heavy atom. The van der Waals surface area contributed by atoms with Gasteiger partial charge < -0.3 is 17.1 Å². The summed E-state index contributed by atoms with van der Waals surface area (Å²) in [5, 5.41) is 3.92. The molecule has 0 aliphatic carbocycles. The molecule has 1 atom stereocenters. The van der Waals surface area contributed by atoms with Crippen LogP contribution in [0.25, 0.3) is 0 Å². The minimum absolute atomic E-state index is 0. The molecule has 0 unspecified atom stereocenters. The van der Waals surface area contributed by atoms with Gasteiger partial charge in [0.25, 0.3) is 0 Å². The number of aliphatic imine (C=N–C) groups is 1. The van der Waals surface area contributed by atoms with Crippen LogP contribution in [0.15, 0.2) is 120 Å². The molecule has 1 heterocycles. The molecule has 35 heavy (non-hydrogen) atoms. The van der Waals surface area contributed by atoms with Crippen molar-refractivity contribution < 1.29 is 37.6 Å². The number of halogens is 1. The summed E-state index contributed by atoms with van der Waals surface area (Å²) in [6.45, 7) is 7.09. The second kappa shape index (κ2) is 15.0. The minimum atomic E-state index is -0.712. The van der Waals surface area contributed by atoms with Crippen LogP contribution in [0.4, 0.5) is 0 Å². The molecule has 0 amide bonds. The Morgan fingerprint density at radius 1 is 0.714 bits per heavy atom.